The van der Waals surface area contributed by atoms with Gasteiger partial charge in [-0.25, -0.2) is 9.78 Å². The molecule has 0 saturated heterocycles. The van der Waals surface area contributed by atoms with Crippen LogP contribution in [0.1, 0.15) is 56.9 Å². The minimum atomic E-state index is -1.13. The molecule has 0 radical (unpaired) electrons. The molecule has 10 nitrogen and oxygen atoms in total. The van der Waals surface area contributed by atoms with E-state index < -0.39 is 11.9 Å². The van der Waals surface area contributed by atoms with Crippen molar-refractivity contribution in [2.45, 2.75) is 37.8 Å². The van der Waals surface area contributed by atoms with Crippen LogP contribution in [-0.2, 0) is 7.05 Å². The smallest absolute Gasteiger partial charge is 0.337 e. The first-order chi connectivity index (χ1) is 23.8. The van der Waals surface area contributed by atoms with Crippen LogP contribution < -0.4 is 20.1 Å². The van der Waals surface area contributed by atoms with Gasteiger partial charge in [0, 0.05) is 36.3 Å². The minimum Gasteiger partial charge on any atom is -0.490 e. The molecule has 10 heteroatoms. The van der Waals surface area contributed by atoms with Gasteiger partial charge >= 0.3 is 5.97 Å². The first kappa shape index (κ1) is 31.4. The van der Waals surface area contributed by atoms with E-state index in [0.29, 0.717) is 17.3 Å². The predicted octanol–water partition coefficient (Wildman–Crippen LogP) is 7.59. The third-order valence-electron chi connectivity index (χ3n) is 8.91. The first-order valence-corrected chi connectivity index (χ1v) is 16.1. The van der Waals surface area contributed by atoms with Gasteiger partial charge in [-0.1, -0.05) is 42.5 Å². The maximum Gasteiger partial charge on any atom is 0.337 e. The highest BCUT2D eigenvalue weighted by Gasteiger charge is 2.25. The lowest BCUT2D eigenvalue weighted by molar-refractivity contribution is 0.0697. The number of carbonyl (C=O) groups is 3. The average molecular weight is 655 g/mol. The fraction of sp³-hybridized carbons (Fsp3) is 0.179. The number of pyridine rings is 1. The zero-order valence-electron chi connectivity index (χ0n) is 26.8. The highest BCUT2D eigenvalue weighted by molar-refractivity contribution is 6.07. The molecule has 4 aromatic carbocycles. The van der Waals surface area contributed by atoms with Crippen molar-refractivity contribution in [3.8, 4) is 17.4 Å². The summed E-state index contributed by atoms with van der Waals surface area (Å²) >= 11 is 0. The van der Waals surface area contributed by atoms with E-state index >= 15 is 0 Å². The topological polar surface area (TPSA) is 132 Å². The first-order valence-electron chi connectivity index (χ1n) is 16.1. The standard InChI is InChI=1S/C39H34N4O6/c1-43-34-9-5-2-6-26(34)22-35(43)38(45)41-28-13-17-29(18-14-28)48-30-15-10-25-21-31(16-11-24(25)20-30)49-36-19-12-27(23-40-36)37(44)42-33-8-4-3-7-32(33)39(46)47/h2-12,15-16,19-23,28-29H,13-14,17-18H2,1H3,(H,41,45)(H,42,44)(H,46,47). The number of hydrogen-bond acceptors (Lipinski definition) is 6. The fourth-order valence-corrected chi connectivity index (χ4v) is 6.29. The molecule has 1 saturated carbocycles. The van der Waals surface area contributed by atoms with Crippen molar-refractivity contribution < 1.29 is 29.0 Å². The lowest BCUT2D eigenvalue weighted by atomic mass is 9.92. The molecule has 0 bridgehead atoms. The molecule has 2 aromatic heterocycles. The van der Waals surface area contributed by atoms with E-state index in [4.69, 9.17) is 9.47 Å². The van der Waals surface area contributed by atoms with E-state index in [1.165, 1.54) is 18.3 Å². The summed E-state index contributed by atoms with van der Waals surface area (Å²) in [6.45, 7) is 0. The number of carbonyl (C=O) groups excluding carboxylic acids is 2. The zero-order valence-corrected chi connectivity index (χ0v) is 26.8. The largest absolute Gasteiger partial charge is 0.490 e. The van der Waals surface area contributed by atoms with Crippen molar-refractivity contribution in [2.75, 3.05) is 5.32 Å². The average Bonchev–Trinajstić information content (AvgIpc) is 3.46. The molecule has 0 atom stereocenters. The third kappa shape index (κ3) is 6.94. The van der Waals surface area contributed by atoms with E-state index in [1.54, 1.807) is 24.3 Å². The van der Waals surface area contributed by atoms with E-state index in [1.807, 2.05) is 78.3 Å². The van der Waals surface area contributed by atoms with Gasteiger partial charge in [0.15, 0.2) is 0 Å². The highest BCUT2D eigenvalue weighted by Crippen LogP contribution is 2.30. The number of carboxylic acid groups (broad SMARTS) is 1. The minimum absolute atomic E-state index is 0.00128. The maximum absolute atomic E-state index is 13.0. The number of para-hydroxylation sites is 2. The summed E-state index contributed by atoms with van der Waals surface area (Å²) in [6.07, 6.45) is 4.88. The molecular formula is C39H34N4O6. The molecule has 49 heavy (non-hydrogen) atoms. The lowest BCUT2D eigenvalue weighted by Gasteiger charge is -2.29. The number of carboxylic acids is 1. The maximum atomic E-state index is 13.0. The molecule has 7 rings (SSSR count). The second-order valence-electron chi connectivity index (χ2n) is 12.2. The van der Waals surface area contributed by atoms with Gasteiger partial charge in [-0.3, -0.25) is 9.59 Å². The SMILES string of the molecule is Cn1c(C(=O)NC2CCC(Oc3ccc4cc(Oc5ccc(C(=O)Nc6ccccc6C(=O)O)cn5)ccc4c3)CC2)cc2ccccc21. The lowest BCUT2D eigenvalue weighted by Crippen LogP contribution is -2.40. The number of nitrogens with one attached hydrogen (secondary N) is 2. The molecule has 3 N–H and O–H groups in total. The Bertz CT molecular complexity index is 2180. The molecule has 0 unspecified atom stereocenters. The number of benzene rings is 4. The van der Waals surface area contributed by atoms with Crippen LogP contribution in [0.4, 0.5) is 5.69 Å². The van der Waals surface area contributed by atoms with Gasteiger partial charge in [0.2, 0.25) is 5.88 Å². The molecule has 2 heterocycles. The fourth-order valence-electron chi connectivity index (χ4n) is 6.29. The van der Waals surface area contributed by atoms with Crippen LogP contribution in [0.15, 0.2) is 109 Å². The highest BCUT2D eigenvalue weighted by atomic mass is 16.5. The Kier molecular flexibility index (Phi) is 8.68. The van der Waals surface area contributed by atoms with Crippen molar-refractivity contribution in [1.29, 1.82) is 0 Å². The van der Waals surface area contributed by atoms with Gasteiger partial charge in [0.1, 0.15) is 17.2 Å². The number of amides is 2. The summed E-state index contributed by atoms with van der Waals surface area (Å²) in [5, 5.41) is 18.2. The number of fused-ring (bicyclic) bond motifs is 2. The van der Waals surface area contributed by atoms with Crippen LogP contribution in [0.5, 0.6) is 17.4 Å². The second-order valence-corrected chi connectivity index (χ2v) is 12.2. The molecular weight excluding hydrogens is 620 g/mol. The Morgan fingerprint density at radius 3 is 2.22 bits per heavy atom. The second kappa shape index (κ2) is 13.5. The Hall–Kier alpha value is -6.16. The number of anilines is 1. The third-order valence-corrected chi connectivity index (χ3v) is 8.91. The number of hydrogen-bond donors (Lipinski definition) is 3. The van der Waals surface area contributed by atoms with Crippen molar-refractivity contribution in [3.05, 3.63) is 126 Å². The van der Waals surface area contributed by atoms with Crippen molar-refractivity contribution >= 4 is 45.1 Å². The van der Waals surface area contributed by atoms with Gasteiger partial charge < -0.3 is 29.8 Å². The van der Waals surface area contributed by atoms with E-state index in [2.05, 4.69) is 15.6 Å². The Balaban J connectivity index is 0.918. The summed E-state index contributed by atoms with van der Waals surface area (Å²) in [6, 6.07) is 31.1. The van der Waals surface area contributed by atoms with E-state index in [0.717, 1.165) is 53.1 Å². The number of ether oxygens (including phenoxy) is 2. The van der Waals surface area contributed by atoms with Crippen molar-refractivity contribution in [1.82, 2.24) is 14.9 Å². The molecule has 2 amide bonds. The van der Waals surface area contributed by atoms with Gasteiger partial charge in [0.05, 0.1) is 22.9 Å². The number of nitrogens with zero attached hydrogens (tertiary/aromatic N) is 2. The van der Waals surface area contributed by atoms with Gasteiger partial charge in [-0.05, 0) is 91.1 Å². The van der Waals surface area contributed by atoms with Crippen molar-refractivity contribution in [3.63, 3.8) is 0 Å². The molecule has 0 aliphatic heterocycles. The van der Waals surface area contributed by atoms with Gasteiger partial charge in [0.25, 0.3) is 11.8 Å². The normalized spacial score (nSPS) is 15.9. The molecule has 6 aromatic rings. The van der Waals surface area contributed by atoms with Crippen LogP contribution in [0, 0.1) is 0 Å². The summed E-state index contributed by atoms with van der Waals surface area (Å²) in [5.41, 5.74) is 2.18. The van der Waals surface area contributed by atoms with E-state index in [-0.39, 0.29) is 34.9 Å². The van der Waals surface area contributed by atoms with Crippen LogP contribution in [0.25, 0.3) is 21.7 Å². The number of aromatic nitrogens is 2. The molecule has 1 aliphatic rings. The Morgan fingerprint density at radius 2 is 1.49 bits per heavy atom. The van der Waals surface area contributed by atoms with Gasteiger partial charge in [-0.15, -0.1) is 0 Å². The molecule has 1 aliphatic carbocycles. The number of aromatic carboxylic acids is 1. The van der Waals surface area contributed by atoms with Crippen LogP contribution in [-0.4, -0.2) is 44.6 Å². The number of rotatable bonds is 9. The summed E-state index contributed by atoms with van der Waals surface area (Å²) in [5.74, 6) is 0.0447. The number of aryl methyl sites for hydroxylation is 1. The molecule has 246 valence electrons. The molecule has 0 spiro atoms. The predicted molar refractivity (Wildman–Crippen MR) is 187 cm³/mol. The summed E-state index contributed by atoms with van der Waals surface area (Å²) in [4.78, 5) is 41.4. The van der Waals surface area contributed by atoms with E-state index in [9.17, 15) is 19.5 Å². The monoisotopic (exact) mass is 654 g/mol. The summed E-state index contributed by atoms with van der Waals surface area (Å²) < 4.78 is 14.2. The Labute approximate surface area is 282 Å². The van der Waals surface area contributed by atoms with Crippen LogP contribution in [0.2, 0.25) is 0 Å². The molecule has 1 fully saturated rings. The van der Waals surface area contributed by atoms with Crippen LogP contribution in [0.3, 0.4) is 0 Å². The Morgan fingerprint density at radius 1 is 0.776 bits per heavy atom. The van der Waals surface area contributed by atoms with Crippen molar-refractivity contribution in [2.24, 2.45) is 7.05 Å². The zero-order chi connectivity index (χ0) is 33.9. The quantitative estimate of drug-likeness (QED) is 0.146. The van der Waals surface area contributed by atoms with Crippen LogP contribution >= 0.6 is 0 Å². The summed E-state index contributed by atoms with van der Waals surface area (Å²) in [7, 11) is 1.92. The van der Waals surface area contributed by atoms with Gasteiger partial charge in [-0.2, -0.15) is 0 Å².